The summed E-state index contributed by atoms with van der Waals surface area (Å²) in [6.45, 7) is 8.94. The lowest BCUT2D eigenvalue weighted by Gasteiger charge is -2.34. The highest BCUT2D eigenvalue weighted by Crippen LogP contribution is 2.29. The second-order valence-electron chi connectivity index (χ2n) is 6.67. The molecule has 1 saturated heterocycles. The molecule has 1 heterocycles. The van der Waals surface area contributed by atoms with E-state index in [1.807, 2.05) is 11.8 Å². The number of nitrogens with one attached hydrogen (secondary N) is 2. The molecule has 29 heavy (non-hydrogen) atoms. The Bertz CT molecular complexity index is 676. The molecule has 0 saturated carbocycles. The van der Waals surface area contributed by atoms with Gasteiger partial charge >= 0.3 is 6.18 Å². The number of benzene rings is 1. The molecule has 0 aromatic heterocycles. The zero-order valence-electron chi connectivity index (χ0n) is 16.8. The third-order valence-electron chi connectivity index (χ3n) is 4.56. The van der Waals surface area contributed by atoms with Gasteiger partial charge in [-0.05, 0) is 24.6 Å². The lowest BCUT2D eigenvalue weighted by Crippen LogP contribution is -2.50. The number of hydrogen-bond acceptors (Lipinski definition) is 3. The smallest absolute Gasteiger partial charge is 0.357 e. The normalized spacial score (nSPS) is 15.6. The molecule has 164 valence electrons. The maximum absolute atomic E-state index is 12.8. The Morgan fingerprint density at radius 3 is 2.45 bits per heavy atom. The number of aliphatic imine (C=N–C) groups is 1. The van der Waals surface area contributed by atoms with Gasteiger partial charge in [0.05, 0.1) is 12.1 Å². The number of halogens is 4. The third-order valence-corrected chi connectivity index (χ3v) is 4.56. The fraction of sp³-hybridized carbons (Fsp3) is 0.579. The molecule has 2 N–H and O–H groups in total. The van der Waals surface area contributed by atoms with Crippen molar-refractivity contribution in [1.82, 2.24) is 20.4 Å². The van der Waals surface area contributed by atoms with Gasteiger partial charge in [0.15, 0.2) is 5.96 Å². The molecule has 0 radical (unpaired) electrons. The summed E-state index contributed by atoms with van der Waals surface area (Å²) in [5.41, 5.74) is -0.157. The second-order valence-corrected chi connectivity index (χ2v) is 6.67. The Hall–Kier alpha value is -1.56. The number of hydrogen-bond donors (Lipinski definition) is 2. The van der Waals surface area contributed by atoms with Crippen LogP contribution in [-0.2, 0) is 17.5 Å². The van der Waals surface area contributed by atoms with Crippen LogP contribution in [0.3, 0.4) is 0 Å². The molecule has 0 aliphatic carbocycles. The zero-order chi connectivity index (χ0) is 20.6. The van der Waals surface area contributed by atoms with Gasteiger partial charge in [0.25, 0.3) is 0 Å². The van der Waals surface area contributed by atoms with Crippen LogP contribution < -0.4 is 10.6 Å². The lowest BCUT2D eigenvalue weighted by molar-refractivity contribution is -0.137. The largest absolute Gasteiger partial charge is 0.416 e. The molecule has 2 rings (SSSR count). The standard InChI is InChI=1S/C19H28F3N5O.HI/c1-3-23-18(24-7-8-26-9-11-27(12-10-26)15(2)28)25-14-16-5-4-6-17(13-16)19(20,21)22;/h4-6,13H,3,7-12,14H2,1-2H3,(H2,23,24,25);1H. The average molecular weight is 527 g/mol. The van der Waals surface area contributed by atoms with Gasteiger partial charge in [0.2, 0.25) is 5.91 Å². The molecule has 1 aliphatic heterocycles. The Labute approximate surface area is 186 Å². The van der Waals surface area contributed by atoms with Crippen LogP contribution in [0, 0.1) is 0 Å². The fourth-order valence-electron chi connectivity index (χ4n) is 2.98. The first-order chi connectivity index (χ1) is 13.3. The molecule has 0 spiro atoms. The molecule has 1 aliphatic rings. The van der Waals surface area contributed by atoms with Crippen LogP contribution in [0.15, 0.2) is 29.3 Å². The van der Waals surface area contributed by atoms with Crippen molar-refractivity contribution in [3.63, 3.8) is 0 Å². The van der Waals surface area contributed by atoms with Crippen molar-refractivity contribution in [3.05, 3.63) is 35.4 Å². The van der Waals surface area contributed by atoms with Crippen LogP contribution in [0.5, 0.6) is 0 Å². The predicted molar refractivity (Wildman–Crippen MR) is 118 cm³/mol. The van der Waals surface area contributed by atoms with E-state index >= 15 is 0 Å². The van der Waals surface area contributed by atoms with Crippen molar-refractivity contribution < 1.29 is 18.0 Å². The molecule has 0 unspecified atom stereocenters. The van der Waals surface area contributed by atoms with Gasteiger partial charge in [-0.25, -0.2) is 4.99 Å². The van der Waals surface area contributed by atoms with Gasteiger partial charge in [-0.1, -0.05) is 12.1 Å². The summed E-state index contributed by atoms with van der Waals surface area (Å²) in [4.78, 5) is 19.8. The van der Waals surface area contributed by atoms with Crippen LogP contribution in [0.4, 0.5) is 13.2 Å². The molecule has 6 nitrogen and oxygen atoms in total. The molecule has 1 amide bonds. The number of amides is 1. The molecular formula is C19H29F3IN5O. The zero-order valence-corrected chi connectivity index (χ0v) is 19.1. The first-order valence-electron chi connectivity index (χ1n) is 9.45. The first kappa shape index (κ1) is 25.5. The molecule has 0 atom stereocenters. The van der Waals surface area contributed by atoms with Gasteiger partial charge in [-0.15, -0.1) is 24.0 Å². The molecule has 1 aromatic carbocycles. The predicted octanol–water partition coefficient (Wildman–Crippen LogP) is 2.54. The maximum atomic E-state index is 12.8. The number of piperazine rings is 1. The van der Waals surface area contributed by atoms with Gasteiger partial charge in [-0.2, -0.15) is 13.2 Å². The van der Waals surface area contributed by atoms with Gasteiger partial charge in [0, 0.05) is 52.7 Å². The number of guanidine groups is 1. The van der Waals surface area contributed by atoms with E-state index in [4.69, 9.17) is 0 Å². The summed E-state index contributed by atoms with van der Waals surface area (Å²) >= 11 is 0. The Kier molecular flexibility index (Phi) is 10.7. The van der Waals surface area contributed by atoms with E-state index < -0.39 is 11.7 Å². The SMILES string of the molecule is CCNC(=NCc1cccc(C(F)(F)F)c1)NCCN1CCN(C(C)=O)CC1.I. The third kappa shape index (κ3) is 8.77. The van der Waals surface area contributed by atoms with E-state index in [2.05, 4.69) is 20.5 Å². The summed E-state index contributed by atoms with van der Waals surface area (Å²) < 4.78 is 38.4. The monoisotopic (exact) mass is 527 g/mol. The van der Waals surface area contributed by atoms with Crippen molar-refractivity contribution >= 4 is 35.8 Å². The van der Waals surface area contributed by atoms with Crippen LogP contribution in [0.2, 0.25) is 0 Å². The van der Waals surface area contributed by atoms with Crippen molar-refractivity contribution in [2.75, 3.05) is 45.8 Å². The van der Waals surface area contributed by atoms with Crippen molar-refractivity contribution in [1.29, 1.82) is 0 Å². The van der Waals surface area contributed by atoms with Crippen LogP contribution in [0.1, 0.15) is 25.0 Å². The fourth-order valence-corrected chi connectivity index (χ4v) is 2.98. The summed E-state index contributed by atoms with van der Waals surface area (Å²) in [6.07, 6.45) is -4.35. The number of rotatable bonds is 6. The van der Waals surface area contributed by atoms with Crippen LogP contribution >= 0.6 is 24.0 Å². The van der Waals surface area contributed by atoms with E-state index in [0.29, 0.717) is 24.6 Å². The number of nitrogens with zero attached hydrogens (tertiary/aromatic N) is 3. The Balaban J connectivity index is 0.00000420. The van der Waals surface area contributed by atoms with E-state index in [0.717, 1.165) is 44.9 Å². The molecular weight excluding hydrogens is 498 g/mol. The summed E-state index contributed by atoms with van der Waals surface area (Å²) in [5.74, 6) is 0.677. The van der Waals surface area contributed by atoms with Crippen LogP contribution in [0.25, 0.3) is 0 Å². The van der Waals surface area contributed by atoms with Crippen molar-refractivity contribution in [2.45, 2.75) is 26.6 Å². The van der Waals surface area contributed by atoms with E-state index in [1.165, 1.54) is 6.07 Å². The first-order valence-corrected chi connectivity index (χ1v) is 9.45. The molecule has 1 fully saturated rings. The summed E-state index contributed by atoms with van der Waals surface area (Å²) in [5, 5.41) is 6.31. The van der Waals surface area contributed by atoms with Gasteiger partial charge < -0.3 is 15.5 Å². The molecule has 10 heteroatoms. The molecule has 1 aromatic rings. The minimum Gasteiger partial charge on any atom is -0.357 e. The average Bonchev–Trinajstić information content (AvgIpc) is 2.66. The topological polar surface area (TPSA) is 60.0 Å². The van der Waals surface area contributed by atoms with Crippen molar-refractivity contribution in [2.24, 2.45) is 4.99 Å². The van der Waals surface area contributed by atoms with Crippen LogP contribution in [-0.4, -0.2) is 67.5 Å². The maximum Gasteiger partial charge on any atom is 0.416 e. The number of alkyl halides is 3. The summed E-state index contributed by atoms with van der Waals surface area (Å²) in [6, 6.07) is 5.22. The second kappa shape index (κ2) is 12.2. The van der Waals surface area contributed by atoms with Crippen molar-refractivity contribution in [3.8, 4) is 0 Å². The van der Waals surface area contributed by atoms with Gasteiger partial charge in [0.1, 0.15) is 0 Å². The van der Waals surface area contributed by atoms with E-state index in [-0.39, 0.29) is 36.4 Å². The highest BCUT2D eigenvalue weighted by Gasteiger charge is 2.30. The Morgan fingerprint density at radius 1 is 1.17 bits per heavy atom. The highest BCUT2D eigenvalue weighted by atomic mass is 127. The van der Waals surface area contributed by atoms with E-state index in [1.54, 1.807) is 13.0 Å². The number of carbonyl (C=O) groups is 1. The highest BCUT2D eigenvalue weighted by molar-refractivity contribution is 14.0. The van der Waals surface area contributed by atoms with E-state index in [9.17, 15) is 18.0 Å². The van der Waals surface area contributed by atoms with Gasteiger partial charge in [-0.3, -0.25) is 9.69 Å². The lowest BCUT2D eigenvalue weighted by atomic mass is 10.1. The summed E-state index contributed by atoms with van der Waals surface area (Å²) in [7, 11) is 0. The quantitative estimate of drug-likeness (QED) is 0.340. The number of carbonyl (C=O) groups excluding carboxylic acids is 1. The minimum absolute atomic E-state index is 0. The molecule has 0 bridgehead atoms. The Morgan fingerprint density at radius 2 is 1.86 bits per heavy atom. The minimum atomic E-state index is -4.35.